The largest absolute Gasteiger partial charge is 0.459 e. The molecule has 0 radical (unpaired) electrons. The molecule has 2 saturated heterocycles. The number of Topliss-reactive ketones (excluding diaryl/α,β-unsaturated/α-hetero) is 1. The summed E-state index contributed by atoms with van der Waals surface area (Å²) < 4.78 is 17.0. The maximum absolute atomic E-state index is 12.6. The third-order valence-corrected chi connectivity index (χ3v) is 6.54. The molecule has 4 N–H and O–H groups in total. The number of carbonyl (C=O) groups is 2. The average Bonchev–Trinajstić information content (AvgIpc) is 2.71. The lowest BCUT2D eigenvalue weighted by molar-refractivity contribution is -0.317. The number of ether oxygens (including phenoxy) is 3. The van der Waals surface area contributed by atoms with Crippen molar-refractivity contribution in [3.63, 3.8) is 0 Å². The molecule has 9 heteroatoms. The van der Waals surface area contributed by atoms with Gasteiger partial charge in [-0.1, -0.05) is 0 Å². The SMILES string of the molecule is CC(=O)CC[C@@H]1[C@@]2(C)C[C@H](O[C@@H]3O[C@H](CO)[C@@H](O)[C@H](O)[C@H]3O)C[C@]1(C)OC2=O. The molecule has 28 heavy (non-hydrogen) atoms. The van der Waals surface area contributed by atoms with Crippen molar-refractivity contribution in [2.75, 3.05) is 6.61 Å². The Morgan fingerprint density at radius 3 is 2.43 bits per heavy atom. The number of hydrogen-bond acceptors (Lipinski definition) is 9. The maximum Gasteiger partial charge on any atom is 0.312 e. The van der Waals surface area contributed by atoms with E-state index in [-0.39, 0.29) is 17.7 Å². The number of fused-ring (bicyclic) bond motifs is 2. The van der Waals surface area contributed by atoms with Gasteiger partial charge in [-0.3, -0.25) is 4.79 Å². The highest BCUT2D eigenvalue weighted by Crippen LogP contribution is 2.57. The van der Waals surface area contributed by atoms with Crippen molar-refractivity contribution in [1.82, 2.24) is 0 Å². The molecule has 2 heterocycles. The Morgan fingerprint density at radius 1 is 1.18 bits per heavy atom. The molecular formula is C19H30O9. The second-order valence-electron chi connectivity index (χ2n) is 8.78. The Morgan fingerprint density at radius 2 is 1.86 bits per heavy atom. The summed E-state index contributed by atoms with van der Waals surface area (Å²) in [5.41, 5.74) is -1.64. The molecule has 0 aromatic carbocycles. The third kappa shape index (κ3) is 3.59. The first-order valence-electron chi connectivity index (χ1n) is 9.70. The Labute approximate surface area is 163 Å². The summed E-state index contributed by atoms with van der Waals surface area (Å²) in [6.07, 6.45) is -5.72. The monoisotopic (exact) mass is 402 g/mol. The van der Waals surface area contributed by atoms with Gasteiger partial charge in [-0.2, -0.15) is 0 Å². The fraction of sp³-hybridized carbons (Fsp3) is 0.895. The summed E-state index contributed by atoms with van der Waals surface area (Å²) in [7, 11) is 0. The van der Waals surface area contributed by atoms with Gasteiger partial charge < -0.3 is 39.4 Å². The molecule has 0 spiro atoms. The molecule has 160 valence electrons. The quantitative estimate of drug-likeness (QED) is 0.423. The van der Waals surface area contributed by atoms with Crippen LogP contribution in [-0.2, 0) is 23.8 Å². The van der Waals surface area contributed by atoms with Gasteiger partial charge in [-0.15, -0.1) is 0 Å². The van der Waals surface area contributed by atoms with Gasteiger partial charge in [0.2, 0.25) is 0 Å². The van der Waals surface area contributed by atoms with Gasteiger partial charge in [0.15, 0.2) is 6.29 Å². The zero-order chi connectivity index (χ0) is 20.9. The van der Waals surface area contributed by atoms with E-state index in [1.807, 2.05) is 6.92 Å². The zero-order valence-corrected chi connectivity index (χ0v) is 16.4. The van der Waals surface area contributed by atoms with E-state index in [0.29, 0.717) is 25.7 Å². The Kier molecular flexibility index (Phi) is 5.88. The Balaban J connectivity index is 1.74. The van der Waals surface area contributed by atoms with Gasteiger partial charge in [0.25, 0.3) is 0 Å². The molecule has 3 fully saturated rings. The summed E-state index contributed by atoms with van der Waals surface area (Å²) in [4.78, 5) is 24.0. The van der Waals surface area contributed by atoms with E-state index in [9.17, 15) is 30.0 Å². The highest BCUT2D eigenvalue weighted by Gasteiger charge is 2.64. The van der Waals surface area contributed by atoms with Crippen molar-refractivity contribution in [2.45, 2.75) is 88.9 Å². The van der Waals surface area contributed by atoms with E-state index in [0.717, 1.165) is 0 Å². The van der Waals surface area contributed by atoms with E-state index in [2.05, 4.69) is 0 Å². The number of rotatable bonds is 6. The summed E-state index contributed by atoms with van der Waals surface area (Å²) in [5, 5.41) is 39.3. The molecule has 3 rings (SSSR count). The Bertz CT molecular complexity index is 623. The maximum atomic E-state index is 12.6. The lowest BCUT2D eigenvalue weighted by Crippen LogP contribution is -2.60. The second-order valence-corrected chi connectivity index (χ2v) is 8.78. The number of aliphatic hydroxyl groups is 4. The van der Waals surface area contributed by atoms with Crippen LogP contribution in [0.5, 0.6) is 0 Å². The molecule has 9 atom stereocenters. The molecule has 2 bridgehead atoms. The van der Waals surface area contributed by atoms with Crippen molar-refractivity contribution < 1.29 is 44.2 Å². The third-order valence-electron chi connectivity index (χ3n) is 6.54. The highest BCUT2D eigenvalue weighted by atomic mass is 16.7. The summed E-state index contributed by atoms with van der Waals surface area (Å²) in [5.74, 6) is -0.409. The standard InChI is InChI=1S/C19H30O9/c1-9(21)4-5-12-18(2)6-10(7-19(12,3)28-17(18)25)26-16-15(24)14(23)13(22)11(8-20)27-16/h10-16,20,22-24H,4-8H2,1-3H3/t10-,11+,12+,13+,14-,15+,16+,18+,19-/m0/s1. The normalized spacial score (nSPS) is 48.4. The second kappa shape index (κ2) is 7.62. The van der Waals surface area contributed by atoms with Crippen molar-refractivity contribution in [2.24, 2.45) is 11.3 Å². The minimum Gasteiger partial charge on any atom is -0.459 e. The molecule has 0 aromatic heterocycles. The average molecular weight is 402 g/mol. The van der Waals surface area contributed by atoms with Gasteiger partial charge >= 0.3 is 5.97 Å². The molecule has 3 aliphatic rings. The predicted octanol–water partition coefficient (Wildman–Crippen LogP) is -0.727. The summed E-state index contributed by atoms with van der Waals surface area (Å²) >= 11 is 0. The van der Waals surface area contributed by atoms with Gasteiger partial charge in [0, 0.05) is 18.8 Å². The Hall–Kier alpha value is -1.10. The molecular weight excluding hydrogens is 372 g/mol. The van der Waals surface area contributed by atoms with Crippen LogP contribution >= 0.6 is 0 Å². The van der Waals surface area contributed by atoms with Crippen molar-refractivity contribution in [3.05, 3.63) is 0 Å². The van der Waals surface area contributed by atoms with Crippen LogP contribution in [0.4, 0.5) is 0 Å². The van der Waals surface area contributed by atoms with Crippen LogP contribution in [-0.4, -0.2) is 81.2 Å². The molecule has 2 aliphatic heterocycles. The minimum atomic E-state index is -1.52. The van der Waals surface area contributed by atoms with Crippen LogP contribution in [0, 0.1) is 11.3 Å². The van der Waals surface area contributed by atoms with E-state index in [4.69, 9.17) is 14.2 Å². The minimum absolute atomic E-state index is 0.0544. The smallest absolute Gasteiger partial charge is 0.312 e. The summed E-state index contributed by atoms with van der Waals surface area (Å²) in [6.45, 7) is 4.60. The van der Waals surface area contributed by atoms with Gasteiger partial charge in [0.1, 0.15) is 35.8 Å². The number of esters is 1. The number of aliphatic hydroxyl groups excluding tert-OH is 4. The van der Waals surface area contributed by atoms with E-state index in [1.54, 1.807) is 6.92 Å². The lowest BCUT2D eigenvalue weighted by atomic mass is 9.61. The first kappa shape index (κ1) is 21.6. The van der Waals surface area contributed by atoms with Crippen LogP contribution in [0.2, 0.25) is 0 Å². The van der Waals surface area contributed by atoms with Crippen molar-refractivity contribution >= 4 is 11.8 Å². The fourth-order valence-corrected chi connectivity index (χ4v) is 5.06. The first-order chi connectivity index (χ1) is 13.0. The molecule has 0 aromatic rings. The van der Waals surface area contributed by atoms with Crippen LogP contribution in [0.15, 0.2) is 0 Å². The van der Waals surface area contributed by atoms with Crippen LogP contribution in [0.3, 0.4) is 0 Å². The first-order valence-corrected chi connectivity index (χ1v) is 9.70. The number of ketones is 1. The molecule has 1 aliphatic carbocycles. The van der Waals surface area contributed by atoms with Gasteiger partial charge in [-0.05, 0) is 33.6 Å². The van der Waals surface area contributed by atoms with Crippen LogP contribution in [0.25, 0.3) is 0 Å². The van der Waals surface area contributed by atoms with Crippen molar-refractivity contribution in [3.8, 4) is 0 Å². The zero-order valence-electron chi connectivity index (χ0n) is 16.4. The van der Waals surface area contributed by atoms with E-state index in [1.165, 1.54) is 6.92 Å². The lowest BCUT2D eigenvalue weighted by Gasteiger charge is -2.46. The molecule has 9 nitrogen and oxygen atoms in total. The topological polar surface area (TPSA) is 143 Å². The molecule has 1 saturated carbocycles. The van der Waals surface area contributed by atoms with Gasteiger partial charge in [-0.25, -0.2) is 0 Å². The van der Waals surface area contributed by atoms with E-state index >= 15 is 0 Å². The van der Waals surface area contributed by atoms with E-state index < -0.39 is 54.4 Å². The molecule has 0 amide bonds. The van der Waals surface area contributed by atoms with Crippen molar-refractivity contribution in [1.29, 1.82) is 0 Å². The highest BCUT2D eigenvalue weighted by molar-refractivity contribution is 5.81. The number of hydrogen-bond donors (Lipinski definition) is 4. The van der Waals surface area contributed by atoms with Crippen LogP contribution in [0.1, 0.15) is 46.5 Å². The fourth-order valence-electron chi connectivity index (χ4n) is 5.06. The van der Waals surface area contributed by atoms with Crippen LogP contribution < -0.4 is 0 Å². The number of carbonyl (C=O) groups excluding carboxylic acids is 2. The molecule has 0 unspecified atom stereocenters. The van der Waals surface area contributed by atoms with Gasteiger partial charge in [0.05, 0.1) is 18.1 Å². The summed E-state index contributed by atoms with van der Waals surface area (Å²) in [6, 6.07) is 0. The predicted molar refractivity (Wildman–Crippen MR) is 93.9 cm³/mol.